The summed E-state index contributed by atoms with van der Waals surface area (Å²) in [7, 11) is 1.72. The number of carbonyl (C=O) groups excluding carboxylic acids is 2. The van der Waals surface area contributed by atoms with Crippen LogP contribution in [0.5, 0.6) is 5.75 Å². The van der Waals surface area contributed by atoms with Gasteiger partial charge in [-0.2, -0.15) is 0 Å². The highest BCUT2D eigenvalue weighted by atomic mass is 16.5. The number of imide groups is 1. The molecule has 2 aromatic carbocycles. The molecule has 0 spiro atoms. The number of hydrogen-bond acceptors (Lipinski definition) is 5. The van der Waals surface area contributed by atoms with E-state index in [2.05, 4.69) is 43.1 Å². The topological polar surface area (TPSA) is 71.1 Å². The molecule has 0 bridgehead atoms. The Bertz CT molecular complexity index is 1060. The fourth-order valence-corrected chi connectivity index (χ4v) is 5.66. The molecule has 1 unspecified atom stereocenters. The van der Waals surface area contributed by atoms with Gasteiger partial charge in [-0.1, -0.05) is 83.0 Å². The molecule has 2 aromatic rings. The Hall–Kier alpha value is -2.90. The molecule has 1 aliphatic heterocycles. The first-order valence-corrected chi connectivity index (χ1v) is 14.5. The highest BCUT2D eigenvalue weighted by Crippen LogP contribution is 2.46. The van der Waals surface area contributed by atoms with Crippen LogP contribution in [0.1, 0.15) is 89.1 Å². The molecule has 7 nitrogen and oxygen atoms in total. The predicted molar refractivity (Wildman–Crippen MR) is 156 cm³/mol. The normalized spacial score (nSPS) is 18.0. The summed E-state index contributed by atoms with van der Waals surface area (Å²) < 4.78 is 11.9. The van der Waals surface area contributed by atoms with Crippen molar-refractivity contribution < 1.29 is 19.1 Å². The minimum absolute atomic E-state index is 0.147. The minimum atomic E-state index is -0.722. The molecule has 214 valence electrons. The van der Waals surface area contributed by atoms with Crippen molar-refractivity contribution in [2.24, 2.45) is 5.41 Å². The molecular weight excluding hydrogens is 490 g/mol. The van der Waals surface area contributed by atoms with E-state index in [1.807, 2.05) is 57.2 Å². The van der Waals surface area contributed by atoms with Crippen molar-refractivity contribution in [3.8, 4) is 5.75 Å². The number of amides is 3. The van der Waals surface area contributed by atoms with Gasteiger partial charge < -0.3 is 14.8 Å². The van der Waals surface area contributed by atoms with Crippen molar-refractivity contribution in [1.29, 1.82) is 0 Å². The molecule has 7 heteroatoms. The Kier molecular flexibility index (Phi) is 11.0. The molecule has 1 N–H and O–H groups in total. The lowest BCUT2D eigenvalue weighted by atomic mass is 9.72. The number of ether oxygens (including phenoxy) is 2. The number of carbonyl (C=O) groups is 2. The zero-order chi connectivity index (χ0) is 28.6. The summed E-state index contributed by atoms with van der Waals surface area (Å²) in [5.74, 6) is 0.465. The molecule has 3 amide bonds. The van der Waals surface area contributed by atoms with Gasteiger partial charge in [-0.25, -0.2) is 9.69 Å². The number of urea groups is 1. The van der Waals surface area contributed by atoms with E-state index in [0.29, 0.717) is 25.2 Å². The molecule has 39 heavy (non-hydrogen) atoms. The summed E-state index contributed by atoms with van der Waals surface area (Å²) in [6.45, 7) is 14.9. The van der Waals surface area contributed by atoms with Gasteiger partial charge in [0, 0.05) is 7.11 Å². The van der Waals surface area contributed by atoms with Gasteiger partial charge in [0.05, 0.1) is 18.7 Å². The third kappa shape index (κ3) is 6.47. The first-order valence-electron chi connectivity index (χ1n) is 14.5. The van der Waals surface area contributed by atoms with Crippen molar-refractivity contribution in [2.45, 2.75) is 85.5 Å². The van der Waals surface area contributed by atoms with Crippen molar-refractivity contribution in [2.75, 3.05) is 26.8 Å². The van der Waals surface area contributed by atoms with E-state index in [9.17, 15) is 9.59 Å². The Morgan fingerprint density at radius 1 is 0.974 bits per heavy atom. The lowest BCUT2D eigenvalue weighted by molar-refractivity contribution is -0.191. The molecule has 0 aromatic heterocycles. The van der Waals surface area contributed by atoms with Crippen LogP contribution in [0, 0.1) is 12.3 Å². The number of nitrogens with one attached hydrogen (secondary N) is 1. The van der Waals surface area contributed by atoms with Gasteiger partial charge in [-0.15, -0.1) is 0 Å². The monoisotopic (exact) mass is 537 g/mol. The Morgan fingerprint density at radius 2 is 1.56 bits per heavy atom. The maximum Gasteiger partial charge on any atom is 0.327 e. The van der Waals surface area contributed by atoms with Crippen molar-refractivity contribution in [3.05, 3.63) is 65.2 Å². The van der Waals surface area contributed by atoms with Crippen LogP contribution >= 0.6 is 0 Å². The maximum absolute atomic E-state index is 13.5. The summed E-state index contributed by atoms with van der Waals surface area (Å²) in [5, 5.41) is 3.12. The van der Waals surface area contributed by atoms with Gasteiger partial charge in [0.2, 0.25) is 5.91 Å². The second kappa shape index (κ2) is 13.9. The van der Waals surface area contributed by atoms with Crippen LogP contribution < -0.4 is 10.1 Å². The van der Waals surface area contributed by atoms with Gasteiger partial charge in [0.25, 0.3) is 0 Å². The molecular formula is C32H47N3O4. The zero-order valence-corrected chi connectivity index (χ0v) is 24.8. The van der Waals surface area contributed by atoms with E-state index < -0.39 is 17.7 Å². The van der Waals surface area contributed by atoms with Crippen LogP contribution in [0.15, 0.2) is 48.5 Å². The second-order valence-electron chi connectivity index (χ2n) is 10.5. The molecule has 0 radical (unpaired) electrons. The minimum Gasteiger partial charge on any atom is -0.469 e. The molecule has 3 atom stereocenters. The molecule has 1 aliphatic rings. The van der Waals surface area contributed by atoms with Crippen molar-refractivity contribution >= 4 is 11.9 Å². The first-order chi connectivity index (χ1) is 18.8. The SMILES string of the molecule is CCC[C@@H](NC(=O)N1C(=O)C(CC)(CC)[C@@H]1Oc1ccc(C(COC)N(CC)CC)cc1)c1ccc(C)cc1. The fraction of sp³-hybridized carbons (Fsp3) is 0.562. The van der Waals surface area contributed by atoms with Crippen LogP contribution in [0.3, 0.4) is 0 Å². The van der Waals surface area contributed by atoms with E-state index in [0.717, 1.165) is 37.1 Å². The Morgan fingerprint density at radius 3 is 2.08 bits per heavy atom. The van der Waals surface area contributed by atoms with Crippen molar-refractivity contribution in [3.63, 3.8) is 0 Å². The Balaban J connectivity index is 1.82. The van der Waals surface area contributed by atoms with Crippen LogP contribution in [0.4, 0.5) is 4.79 Å². The standard InChI is InChI=1S/C32H47N3O4/c1-8-13-27(24-16-14-23(6)15-17-24)33-31(37)35-29(36)32(9-2,10-3)30(35)39-26-20-18-25(19-21-26)28(22-38-7)34(11-4)12-5/h14-21,27-28,30H,8-13,22H2,1-7H3,(H,33,37)/t27-,28?,30+/m1/s1. The number of likely N-dealkylation sites (N-methyl/N-ethyl adjacent to an activating group) is 1. The van der Waals surface area contributed by atoms with Gasteiger partial charge in [0.15, 0.2) is 6.23 Å². The lowest BCUT2D eigenvalue weighted by Gasteiger charge is -2.53. The van der Waals surface area contributed by atoms with Gasteiger partial charge in [-0.3, -0.25) is 9.69 Å². The maximum atomic E-state index is 13.5. The number of aryl methyl sites for hydroxylation is 1. The largest absolute Gasteiger partial charge is 0.469 e. The summed E-state index contributed by atoms with van der Waals surface area (Å²) >= 11 is 0. The number of β-lactam (4-membered cyclic amide) rings is 1. The highest BCUT2D eigenvalue weighted by Gasteiger charge is 2.63. The van der Waals surface area contributed by atoms with Crippen LogP contribution in [0.2, 0.25) is 0 Å². The van der Waals surface area contributed by atoms with Crippen LogP contribution in [0.25, 0.3) is 0 Å². The third-order valence-electron chi connectivity index (χ3n) is 8.28. The number of likely N-dealkylation sites (tertiary alicyclic amines) is 1. The first kappa shape index (κ1) is 30.6. The van der Waals surface area contributed by atoms with Gasteiger partial charge in [-0.05, 0) is 62.5 Å². The quantitative estimate of drug-likeness (QED) is 0.274. The van der Waals surface area contributed by atoms with E-state index in [-0.39, 0.29) is 18.0 Å². The average Bonchev–Trinajstić information content (AvgIpc) is 2.94. The number of benzene rings is 2. The van der Waals surface area contributed by atoms with Crippen molar-refractivity contribution in [1.82, 2.24) is 15.1 Å². The third-order valence-corrected chi connectivity index (χ3v) is 8.28. The molecule has 3 rings (SSSR count). The molecule has 0 saturated carbocycles. The molecule has 1 fully saturated rings. The smallest absolute Gasteiger partial charge is 0.327 e. The zero-order valence-electron chi connectivity index (χ0n) is 24.8. The molecule has 0 aliphatic carbocycles. The molecule has 1 saturated heterocycles. The summed E-state index contributed by atoms with van der Waals surface area (Å²) in [6, 6.07) is 15.7. The van der Waals surface area contributed by atoms with Gasteiger partial charge >= 0.3 is 6.03 Å². The lowest BCUT2D eigenvalue weighted by Crippen LogP contribution is -2.73. The van der Waals surface area contributed by atoms with E-state index in [4.69, 9.17) is 9.47 Å². The number of methoxy groups -OCH3 is 1. The highest BCUT2D eigenvalue weighted by molar-refractivity contribution is 6.03. The number of hydrogen-bond donors (Lipinski definition) is 1. The predicted octanol–water partition coefficient (Wildman–Crippen LogP) is 6.63. The number of nitrogens with zero attached hydrogens (tertiary/aromatic N) is 2. The fourth-order valence-electron chi connectivity index (χ4n) is 5.66. The Labute approximate surface area is 234 Å². The van der Waals surface area contributed by atoms with Crippen LogP contribution in [-0.4, -0.2) is 54.8 Å². The van der Waals surface area contributed by atoms with Crippen LogP contribution in [-0.2, 0) is 9.53 Å². The summed E-state index contributed by atoms with van der Waals surface area (Å²) in [5.41, 5.74) is 2.62. The average molecular weight is 538 g/mol. The summed E-state index contributed by atoms with van der Waals surface area (Å²) in [6.07, 6.45) is 2.23. The summed E-state index contributed by atoms with van der Waals surface area (Å²) in [4.78, 5) is 30.6. The molecule has 1 heterocycles. The van der Waals surface area contributed by atoms with E-state index >= 15 is 0 Å². The number of rotatable bonds is 14. The van der Waals surface area contributed by atoms with E-state index in [1.54, 1.807) is 7.11 Å². The van der Waals surface area contributed by atoms with Gasteiger partial charge in [0.1, 0.15) is 11.2 Å². The van der Waals surface area contributed by atoms with E-state index in [1.165, 1.54) is 10.5 Å². The second-order valence-corrected chi connectivity index (χ2v) is 10.5.